The number of hydrogen-bond donors (Lipinski definition) is 0. The van der Waals surface area contributed by atoms with Crippen LogP contribution in [0, 0.1) is 0 Å². The number of para-hydroxylation sites is 3. The molecule has 1 spiro atoms. The van der Waals surface area contributed by atoms with Crippen molar-refractivity contribution >= 4 is 48.6 Å². The van der Waals surface area contributed by atoms with Gasteiger partial charge in [0.05, 0.1) is 5.41 Å². The molecule has 0 radical (unpaired) electrons. The summed E-state index contributed by atoms with van der Waals surface area (Å²) in [5.74, 6) is 1.72. The van der Waals surface area contributed by atoms with Gasteiger partial charge in [-0.1, -0.05) is 164 Å². The summed E-state index contributed by atoms with van der Waals surface area (Å²) in [5, 5.41) is 2.67. The van der Waals surface area contributed by atoms with E-state index in [0.29, 0.717) is 0 Å². The zero-order valence-electron chi connectivity index (χ0n) is 34.6. The Balaban J connectivity index is 1.09. The largest absolute Gasteiger partial charge is 0.456 e. The van der Waals surface area contributed by atoms with Gasteiger partial charge in [-0.2, -0.15) is 0 Å². The van der Waals surface area contributed by atoms with Crippen LogP contribution >= 0.6 is 11.3 Å². The molecule has 2 nitrogen and oxygen atoms in total. The third-order valence-electron chi connectivity index (χ3n) is 13.9. The Kier molecular flexibility index (Phi) is 7.51. The van der Waals surface area contributed by atoms with Crippen molar-refractivity contribution in [2.75, 3.05) is 4.90 Å². The van der Waals surface area contributed by atoms with Gasteiger partial charge in [0.15, 0.2) is 0 Å². The second-order valence-electron chi connectivity index (χ2n) is 17.1. The van der Waals surface area contributed by atoms with Crippen molar-refractivity contribution in [3.63, 3.8) is 0 Å². The number of hydrogen-bond acceptors (Lipinski definition) is 3. The van der Waals surface area contributed by atoms with Gasteiger partial charge in [-0.25, -0.2) is 0 Å². The zero-order valence-corrected chi connectivity index (χ0v) is 35.4. The van der Waals surface area contributed by atoms with E-state index in [9.17, 15) is 0 Å². The van der Waals surface area contributed by atoms with Gasteiger partial charge in [-0.15, -0.1) is 11.3 Å². The van der Waals surface area contributed by atoms with Gasteiger partial charge in [0, 0.05) is 48.4 Å². The van der Waals surface area contributed by atoms with E-state index in [0.717, 1.165) is 50.8 Å². The molecule has 1 aromatic heterocycles. The first-order valence-electron chi connectivity index (χ1n) is 22.0. The van der Waals surface area contributed by atoms with Crippen LogP contribution in [0.2, 0.25) is 0 Å². The molecule has 10 aromatic carbocycles. The van der Waals surface area contributed by atoms with Crippen LogP contribution < -0.4 is 9.64 Å². The second-order valence-corrected chi connectivity index (χ2v) is 18.2. The summed E-state index contributed by atoms with van der Waals surface area (Å²) in [6.07, 6.45) is 0. The predicted octanol–water partition coefficient (Wildman–Crippen LogP) is 17.0. The predicted molar refractivity (Wildman–Crippen MR) is 267 cm³/mol. The van der Waals surface area contributed by atoms with Crippen molar-refractivity contribution in [2.45, 2.75) is 5.41 Å². The first-order valence-corrected chi connectivity index (χ1v) is 22.8. The van der Waals surface area contributed by atoms with Gasteiger partial charge in [-0.05, 0) is 127 Å². The number of benzene rings is 10. The minimum Gasteiger partial charge on any atom is -0.456 e. The van der Waals surface area contributed by atoms with Gasteiger partial charge in [0.25, 0.3) is 0 Å². The van der Waals surface area contributed by atoms with Crippen molar-refractivity contribution in [2.24, 2.45) is 0 Å². The summed E-state index contributed by atoms with van der Waals surface area (Å²) < 4.78 is 9.26. The Morgan fingerprint density at radius 1 is 0.328 bits per heavy atom. The fourth-order valence-corrected chi connectivity index (χ4v) is 12.5. The van der Waals surface area contributed by atoms with E-state index >= 15 is 0 Å². The highest BCUT2D eigenvalue weighted by Gasteiger charge is 2.50. The highest BCUT2D eigenvalue weighted by Crippen LogP contribution is 2.64. The highest BCUT2D eigenvalue weighted by atomic mass is 32.1. The van der Waals surface area contributed by atoms with Crippen LogP contribution in [-0.4, -0.2) is 0 Å². The van der Waals surface area contributed by atoms with E-state index in [4.69, 9.17) is 4.74 Å². The normalized spacial score (nSPS) is 14.8. The molecule has 298 valence electrons. The lowest BCUT2D eigenvalue weighted by Gasteiger charge is -2.36. The Morgan fingerprint density at radius 3 is 1.61 bits per heavy atom. The quantitative estimate of drug-likeness (QED) is 0.176. The molecule has 3 heteroatoms. The third kappa shape index (κ3) is 4.85. The lowest BCUT2D eigenvalue weighted by molar-refractivity contribution is 0.488. The molecule has 14 rings (SSSR count). The molecule has 1 unspecified atom stereocenters. The molecule has 0 saturated heterocycles. The molecule has 11 aromatic rings. The van der Waals surface area contributed by atoms with Crippen molar-refractivity contribution in [3.8, 4) is 67.1 Å². The van der Waals surface area contributed by atoms with Gasteiger partial charge < -0.3 is 9.64 Å². The van der Waals surface area contributed by atoms with E-state index in [1.54, 1.807) is 0 Å². The number of anilines is 3. The van der Waals surface area contributed by atoms with E-state index < -0.39 is 5.41 Å². The molecular formula is C61H37NOS. The lowest BCUT2D eigenvalue weighted by Crippen LogP contribution is -2.29. The maximum Gasteiger partial charge on any atom is 0.135 e. The summed E-state index contributed by atoms with van der Waals surface area (Å²) in [7, 11) is 0. The Morgan fingerprint density at radius 2 is 0.859 bits per heavy atom. The van der Waals surface area contributed by atoms with Gasteiger partial charge in [-0.3, -0.25) is 0 Å². The fourth-order valence-electron chi connectivity index (χ4n) is 11.3. The van der Waals surface area contributed by atoms with Crippen LogP contribution in [-0.2, 0) is 5.41 Å². The molecule has 2 heterocycles. The molecule has 0 fully saturated rings. The van der Waals surface area contributed by atoms with Crippen LogP contribution in [0.15, 0.2) is 224 Å². The van der Waals surface area contributed by atoms with Crippen LogP contribution in [0.25, 0.3) is 75.8 Å². The number of nitrogens with zero attached hydrogens (tertiary/aromatic N) is 1. The van der Waals surface area contributed by atoms with Crippen molar-refractivity contribution in [1.29, 1.82) is 0 Å². The maximum absolute atomic E-state index is 6.63. The van der Waals surface area contributed by atoms with E-state index in [-0.39, 0.29) is 0 Å². The number of ether oxygens (including phenoxy) is 1. The first kappa shape index (κ1) is 35.6. The molecule has 0 amide bonds. The third-order valence-corrected chi connectivity index (χ3v) is 15.0. The lowest BCUT2D eigenvalue weighted by atomic mass is 9.65. The summed E-state index contributed by atoms with van der Waals surface area (Å²) >= 11 is 1.89. The number of fused-ring (bicyclic) bond motifs is 21. The molecular weight excluding hydrogens is 795 g/mol. The number of thiophene rings is 1. The average molecular weight is 832 g/mol. The SMILES string of the molecule is c1ccc(N(c2ccc3c(c2)-c2ccccc2Oc2ccccc2-3)c2ccc3c(c2)C2(c4ccccc4-c4ccccc4-3)c3ccccc3-c3c2ccc2sc4ccccc4c32)cc1. The summed E-state index contributed by atoms with van der Waals surface area (Å²) in [4.78, 5) is 2.44. The average Bonchev–Trinajstić information content (AvgIpc) is 3.80. The monoisotopic (exact) mass is 831 g/mol. The van der Waals surface area contributed by atoms with Crippen LogP contribution in [0.1, 0.15) is 22.3 Å². The van der Waals surface area contributed by atoms with Crippen LogP contribution in [0.3, 0.4) is 0 Å². The minimum absolute atomic E-state index is 0.639. The Labute approximate surface area is 375 Å². The molecule has 1 atom stereocenters. The zero-order chi connectivity index (χ0) is 41.9. The molecule has 64 heavy (non-hydrogen) atoms. The summed E-state index contributed by atoms with van der Waals surface area (Å²) in [6.45, 7) is 0. The molecule has 2 aliphatic carbocycles. The van der Waals surface area contributed by atoms with E-state index in [1.807, 2.05) is 17.4 Å². The van der Waals surface area contributed by atoms with E-state index in [2.05, 4.69) is 223 Å². The van der Waals surface area contributed by atoms with Crippen molar-refractivity contribution in [1.82, 2.24) is 0 Å². The van der Waals surface area contributed by atoms with Crippen molar-refractivity contribution in [3.05, 3.63) is 247 Å². The van der Waals surface area contributed by atoms with Gasteiger partial charge in [0.1, 0.15) is 11.5 Å². The number of rotatable bonds is 3. The summed E-state index contributed by atoms with van der Waals surface area (Å²) in [6, 6.07) is 83.0. The topological polar surface area (TPSA) is 12.5 Å². The van der Waals surface area contributed by atoms with Crippen LogP contribution in [0.4, 0.5) is 17.1 Å². The molecule has 3 aliphatic rings. The minimum atomic E-state index is -0.639. The standard InChI is InChI=1S/C61H37NOS/c1-2-16-38(17-3-1)62(39-30-32-43-46-21-8-13-27-55(46)63-56-28-14-9-22-47(56)50(43)36-39)40-31-33-45-42-19-5-4-18-41(42)44-20-6-11-25-51(44)61(54(45)37-40)52-26-12-7-23-48(52)59-53(61)34-35-58-60(59)49-24-10-15-29-57(49)64-58/h1-37H. The maximum atomic E-state index is 6.63. The molecule has 1 aliphatic heterocycles. The fraction of sp³-hybridized carbons (Fsp3) is 0.0164. The molecule has 0 bridgehead atoms. The van der Waals surface area contributed by atoms with Crippen molar-refractivity contribution < 1.29 is 4.74 Å². The van der Waals surface area contributed by atoms with Crippen LogP contribution in [0.5, 0.6) is 11.5 Å². The van der Waals surface area contributed by atoms with Gasteiger partial charge >= 0.3 is 0 Å². The molecule has 0 saturated carbocycles. The smallest absolute Gasteiger partial charge is 0.135 e. The Hall–Kier alpha value is -7.98. The van der Waals surface area contributed by atoms with E-state index in [1.165, 1.54) is 75.8 Å². The second kappa shape index (κ2) is 13.5. The molecule has 0 N–H and O–H groups in total. The first-order chi connectivity index (χ1) is 31.8. The summed E-state index contributed by atoms with van der Waals surface area (Å²) in [5.41, 5.74) is 19.9. The Bertz CT molecular complexity index is 3730. The van der Waals surface area contributed by atoms with Gasteiger partial charge in [0.2, 0.25) is 0 Å². The highest BCUT2D eigenvalue weighted by molar-refractivity contribution is 7.26.